The quantitative estimate of drug-likeness (QED) is 0.797. The van der Waals surface area contributed by atoms with Gasteiger partial charge in [0.05, 0.1) is 5.25 Å². The Morgan fingerprint density at radius 1 is 1.13 bits per heavy atom. The first-order valence-corrected chi connectivity index (χ1v) is 7.02. The summed E-state index contributed by atoms with van der Waals surface area (Å²) in [6, 6.07) is 0. The molecule has 86 valence electrons. The molecule has 0 aromatic carbocycles. The van der Waals surface area contributed by atoms with Gasteiger partial charge in [0.2, 0.25) is 0 Å². The Kier molecular flexibility index (Phi) is 2.53. The van der Waals surface area contributed by atoms with Crippen molar-refractivity contribution in [1.82, 2.24) is 0 Å². The standard InChI is InChI=1S/C10H16O4S/c11-9(12)10(6-3-7-10)15(13,14)8-4-1-2-5-8/h8H,1-7H2,(H,11,12). The third kappa shape index (κ3) is 1.40. The molecule has 0 atom stereocenters. The molecule has 0 bridgehead atoms. The molecule has 2 rings (SSSR count). The topological polar surface area (TPSA) is 71.4 Å². The van der Waals surface area contributed by atoms with Gasteiger partial charge >= 0.3 is 5.97 Å². The maximum Gasteiger partial charge on any atom is 0.325 e. The van der Waals surface area contributed by atoms with Crippen molar-refractivity contribution in [2.75, 3.05) is 0 Å². The van der Waals surface area contributed by atoms with Gasteiger partial charge < -0.3 is 5.11 Å². The monoisotopic (exact) mass is 232 g/mol. The van der Waals surface area contributed by atoms with Gasteiger partial charge in [0.1, 0.15) is 0 Å². The van der Waals surface area contributed by atoms with E-state index < -0.39 is 25.8 Å². The molecule has 0 radical (unpaired) electrons. The van der Waals surface area contributed by atoms with Crippen LogP contribution in [0.1, 0.15) is 44.9 Å². The molecule has 0 aromatic rings. The van der Waals surface area contributed by atoms with Crippen LogP contribution in [0.15, 0.2) is 0 Å². The second-order valence-corrected chi connectivity index (χ2v) is 7.14. The molecule has 2 saturated carbocycles. The number of carboxylic acids is 1. The summed E-state index contributed by atoms with van der Waals surface area (Å²) in [7, 11) is -3.46. The van der Waals surface area contributed by atoms with Crippen LogP contribution in [-0.4, -0.2) is 29.5 Å². The second kappa shape index (κ2) is 3.47. The van der Waals surface area contributed by atoms with Gasteiger partial charge in [-0.1, -0.05) is 12.8 Å². The fourth-order valence-electron chi connectivity index (χ4n) is 2.64. The molecule has 0 saturated heterocycles. The van der Waals surface area contributed by atoms with Crippen LogP contribution in [0.5, 0.6) is 0 Å². The van der Waals surface area contributed by atoms with E-state index in [9.17, 15) is 13.2 Å². The SMILES string of the molecule is O=C(O)C1(S(=O)(=O)C2CCCC2)CCC1. The maximum atomic E-state index is 12.2. The summed E-state index contributed by atoms with van der Waals surface area (Å²) in [5.41, 5.74) is 0. The lowest BCUT2D eigenvalue weighted by Crippen LogP contribution is -2.55. The fraction of sp³-hybridized carbons (Fsp3) is 0.900. The Bertz CT molecular complexity index is 361. The zero-order valence-electron chi connectivity index (χ0n) is 8.61. The lowest BCUT2D eigenvalue weighted by Gasteiger charge is -2.38. The van der Waals surface area contributed by atoms with Gasteiger partial charge in [-0.25, -0.2) is 8.42 Å². The van der Waals surface area contributed by atoms with Crippen molar-refractivity contribution in [3.8, 4) is 0 Å². The van der Waals surface area contributed by atoms with Gasteiger partial charge in [-0.2, -0.15) is 0 Å². The second-order valence-electron chi connectivity index (χ2n) is 4.60. The van der Waals surface area contributed by atoms with Gasteiger partial charge in [-0.3, -0.25) is 4.79 Å². The van der Waals surface area contributed by atoms with E-state index >= 15 is 0 Å². The van der Waals surface area contributed by atoms with Crippen LogP contribution in [-0.2, 0) is 14.6 Å². The van der Waals surface area contributed by atoms with E-state index in [0.29, 0.717) is 25.7 Å². The predicted octanol–water partition coefficient (Wildman–Crippen LogP) is 1.35. The molecule has 2 fully saturated rings. The molecule has 0 unspecified atom stereocenters. The minimum Gasteiger partial charge on any atom is -0.480 e. The van der Waals surface area contributed by atoms with E-state index in [2.05, 4.69) is 0 Å². The summed E-state index contributed by atoms with van der Waals surface area (Å²) < 4.78 is 23.0. The summed E-state index contributed by atoms with van der Waals surface area (Å²) in [4.78, 5) is 11.1. The molecule has 0 aliphatic heterocycles. The fourth-order valence-corrected chi connectivity index (χ4v) is 5.33. The third-order valence-corrected chi connectivity index (χ3v) is 6.86. The lowest BCUT2D eigenvalue weighted by molar-refractivity contribution is -0.142. The lowest BCUT2D eigenvalue weighted by atomic mass is 9.84. The first-order valence-electron chi connectivity index (χ1n) is 5.47. The minimum absolute atomic E-state index is 0.307. The molecule has 0 spiro atoms. The Morgan fingerprint density at radius 2 is 1.67 bits per heavy atom. The van der Waals surface area contributed by atoms with Crippen LogP contribution in [0, 0.1) is 0 Å². The molecular formula is C10H16O4S. The van der Waals surface area contributed by atoms with E-state index in [4.69, 9.17) is 5.11 Å². The van der Waals surface area contributed by atoms with Gasteiger partial charge in [0.15, 0.2) is 14.6 Å². The van der Waals surface area contributed by atoms with Gasteiger partial charge in [-0.15, -0.1) is 0 Å². The largest absolute Gasteiger partial charge is 0.480 e. The first-order chi connectivity index (χ1) is 7.01. The van der Waals surface area contributed by atoms with Gasteiger partial charge in [-0.05, 0) is 32.1 Å². The van der Waals surface area contributed by atoms with Crippen molar-refractivity contribution in [2.45, 2.75) is 54.9 Å². The predicted molar refractivity (Wildman–Crippen MR) is 55.4 cm³/mol. The summed E-state index contributed by atoms with van der Waals surface area (Å²) >= 11 is 0. The molecule has 15 heavy (non-hydrogen) atoms. The van der Waals surface area contributed by atoms with Crippen molar-refractivity contribution in [1.29, 1.82) is 0 Å². The normalized spacial score (nSPS) is 26.1. The Morgan fingerprint density at radius 3 is 2.00 bits per heavy atom. The van der Waals surface area contributed by atoms with E-state index in [1.807, 2.05) is 0 Å². The van der Waals surface area contributed by atoms with Crippen molar-refractivity contribution in [2.24, 2.45) is 0 Å². The molecule has 0 aromatic heterocycles. The molecule has 0 heterocycles. The van der Waals surface area contributed by atoms with Crippen molar-refractivity contribution in [3.63, 3.8) is 0 Å². The van der Waals surface area contributed by atoms with E-state index in [0.717, 1.165) is 19.3 Å². The average Bonchev–Trinajstić information content (AvgIpc) is 2.50. The summed E-state index contributed by atoms with van der Waals surface area (Å²) in [5, 5.41) is 8.71. The zero-order chi connectivity index (χ0) is 11.1. The summed E-state index contributed by atoms with van der Waals surface area (Å²) in [6.45, 7) is 0. The highest BCUT2D eigenvalue weighted by molar-refractivity contribution is 7.94. The van der Waals surface area contributed by atoms with E-state index in [-0.39, 0.29) is 0 Å². The average molecular weight is 232 g/mol. The van der Waals surface area contributed by atoms with Crippen LogP contribution >= 0.6 is 0 Å². The number of carbonyl (C=O) groups is 1. The summed E-state index contributed by atoms with van der Waals surface area (Å²) in [5.74, 6) is -1.14. The third-order valence-electron chi connectivity index (χ3n) is 3.84. The highest BCUT2D eigenvalue weighted by Gasteiger charge is 2.57. The molecular weight excluding hydrogens is 216 g/mol. The van der Waals surface area contributed by atoms with Crippen LogP contribution < -0.4 is 0 Å². The molecule has 2 aliphatic rings. The van der Waals surface area contributed by atoms with Crippen LogP contribution in [0.3, 0.4) is 0 Å². The molecule has 0 amide bonds. The van der Waals surface area contributed by atoms with Crippen molar-refractivity contribution in [3.05, 3.63) is 0 Å². The van der Waals surface area contributed by atoms with Crippen LogP contribution in [0.2, 0.25) is 0 Å². The van der Waals surface area contributed by atoms with E-state index in [1.54, 1.807) is 0 Å². The highest BCUT2D eigenvalue weighted by atomic mass is 32.2. The van der Waals surface area contributed by atoms with Crippen molar-refractivity contribution >= 4 is 15.8 Å². The molecule has 1 N–H and O–H groups in total. The Labute approximate surface area is 89.6 Å². The first kappa shape index (κ1) is 10.9. The highest BCUT2D eigenvalue weighted by Crippen LogP contribution is 2.44. The number of sulfone groups is 1. The number of carboxylic acid groups (broad SMARTS) is 1. The Hall–Kier alpha value is -0.580. The smallest absolute Gasteiger partial charge is 0.325 e. The number of hydrogen-bond acceptors (Lipinski definition) is 3. The minimum atomic E-state index is -3.46. The van der Waals surface area contributed by atoms with Gasteiger partial charge in [0.25, 0.3) is 0 Å². The summed E-state index contributed by atoms with van der Waals surface area (Å²) in [6.07, 6.45) is 4.47. The number of hydrogen-bond donors (Lipinski definition) is 1. The number of rotatable bonds is 3. The van der Waals surface area contributed by atoms with Gasteiger partial charge in [0, 0.05) is 0 Å². The molecule has 5 heteroatoms. The Balaban J connectivity index is 2.31. The van der Waals surface area contributed by atoms with Crippen molar-refractivity contribution < 1.29 is 18.3 Å². The van der Waals surface area contributed by atoms with E-state index in [1.165, 1.54) is 0 Å². The number of aliphatic carboxylic acids is 1. The zero-order valence-corrected chi connectivity index (χ0v) is 9.42. The maximum absolute atomic E-state index is 12.2. The molecule has 4 nitrogen and oxygen atoms in total. The van der Waals surface area contributed by atoms with Crippen LogP contribution in [0.4, 0.5) is 0 Å². The molecule has 2 aliphatic carbocycles. The van der Waals surface area contributed by atoms with Crippen LogP contribution in [0.25, 0.3) is 0 Å².